The van der Waals surface area contributed by atoms with Crippen molar-refractivity contribution in [2.24, 2.45) is 5.14 Å². The third-order valence-electron chi connectivity index (χ3n) is 4.01. The number of hydrogen-bond donors (Lipinski definition) is 5. The molecule has 6 N–H and O–H groups in total. The highest BCUT2D eigenvalue weighted by Gasteiger charge is 2.23. The molecule has 1 heterocycles. The highest BCUT2D eigenvalue weighted by atomic mass is 32.2. The van der Waals surface area contributed by atoms with Crippen molar-refractivity contribution < 1.29 is 36.6 Å². The zero-order valence-electron chi connectivity index (χ0n) is 17.6. The van der Waals surface area contributed by atoms with Gasteiger partial charge in [-0.25, -0.2) is 27.0 Å². The summed E-state index contributed by atoms with van der Waals surface area (Å²) in [4.78, 5) is 11.5. The number of benzene rings is 1. The maximum atomic E-state index is 12.4. The molecule has 2 aromatic rings. The van der Waals surface area contributed by atoms with Crippen molar-refractivity contribution in [1.82, 2.24) is 14.0 Å². The maximum Gasteiger partial charge on any atom is 0.354 e. The molecule has 1 unspecified atom stereocenters. The molecule has 0 amide bonds. The van der Waals surface area contributed by atoms with Crippen LogP contribution in [0, 0.1) is 0 Å². The van der Waals surface area contributed by atoms with Gasteiger partial charge in [0.1, 0.15) is 0 Å². The van der Waals surface area contributed by atoms with E-state index in [0.29, 0.717) is 3.97 Å². The summed E-state index contributed by atoms with van der Waals surface area (Å²) in [5.74, 6) is -1.51. The predicted octanol–water partition coefficient (Wildman–Crippen LogP) is -0.136. The van der Waals surface area contributed by atoms with E-state index in [1.165, 1.54) is 30.3 Å². The van der Waals surface area contributed by atoms with Gasteiger partial charge in [0, 0.05) is 24.8 Å². The van der Waals surface area contributed by atoms with Crippen molar-refractivity contribution in [3.63, 3.8) is 0 Å². The lowest BCUT2D eigenvalue weighted by Crippen LogP contribution is -2.41. The van der Waals surface area contributed by atoms with Gasteiger partial charge in [-0.2, -0.15) is 8.42 Å². The molecule has 0 bridgehead atoms. The first-order chi connectivity index (χ1) is 14.6. The number of nitrogens with zero attached hydrogens (tertiary/aromatic N) is 1. The third kappa shape index (κ3) is 6.83. The van der Waals surface area contributed by atoms with Crippen LogP contribution in [0.1, 0.15) is 31.3 Å². The van der Waals surface area contributed by atoms with Crippen molar-refractivity contribution >= 4 is 26.2 Å². The molecule has 32 heavy (non-hydrogen) atoms. The molecule has 0 aliphatic heterocycles. The molecule has 0 aliphatic rings. The van der Waals surface area contributed by atoms with Crippen LogP contribution < -0.4 is 15.2 Å². The van der Waals surface area contributed by atoms with Gasteiger partial charge in [0.2, 0.25) is 16.4 Å². The van der Waals surface area contributed by atoms with Crippen LogP contribution >= 0.6 is 0 Å². The normalized spacial score (nSPS) is 13.8. The molecule has 178 valence electrons. The zero-order valence-corrected chi connectivity index (χ0v) is 19.3. The number of carbonyl (C=O) groups is 1. The number of hydrogen-bond acceptors (Lipinski definition) is 8. The standard InChI is InChI=1S/C18H26N4O8S2/c1-18(2,3)30-17(25)20-9-10-21-31(26,27)13-6-4-12(5-7-13)14-8-11-22(32(19,28)29)15(14)16(23)24/h4-8,11,17,20-21,25H,9-10H2,1-3H3,(H,23,24)(H2,19,28,29). The molecule has 0 fully saturated rings. The Hall–Kier alpha value is -2.33. The number of carboxylic acid groups (broad SMARTS) is 1. The molecule has 1 atom stereocenters. The molecule has 0 radical (unpaired) electrons. The number of rotatable bonds is 10. The fourth-order valence-electron chi connectivity index (χ4n) is 2.72. The average Bonchev–Trinajstić information content (AvgIpc) is 3.10. The number of aromatic nitrogens is 1. The summed E-state index contributed by atoms with van der Waals surface area (Å²) in [7, 11) is -8.22. The number of aliphatic hydroxyl groups is 1. The van der Waals surface area contributed by atoms with Gasteiger partial charge < -0.3 is 14.9 Å². The molecule has 0 saturated heterocycles. The molecular weight excluding hydrogens is 464 g/mol. The summed E-state index contributed by atoms with van der Waals surface area (Å²) in [6.07, 6.45) is -0.252. The van der Waals surface area contributed by atoms with Crippen LogP contribution in [0.15, 0.2) is 41.4 Å². The molecule has 2 rings (SSSR count). The number of nitrogens with one attached hydrogen (secondary N) is 2. The van der Waals surface area contributed by atoms with Gasteiger partial charge >= 0.3 is 16.2 Å². The number of carboxylic acids is 1. The Morgan fingerprint density at radius 3 is 2.22 bits per heavy atom. The Balaban J connectivity index is 2.11. The summed E-state index contributed by atoms with van der Waals surface area (Å²) in [6.45, 7) is 5.33. The van der Waals surface area contributed by atoms with Crippen LogP contribution in [0.4, 0.5) is 0 Å². The summed E-state index contributed by atoms with van der Waals surface area (Å²) in [5.41, 5.74) is -0.805. The van der Waals surface area contributed by atoms with Crippen LogP contribution in [-0.2, 0) is 25.0 Å². The molecule has 0 spiro atoms. The number of ether oxygens (including phenoxy) is 1. The topological polar surface area (TPSA) is 190 Å². The first kappa shape index (κ1) is 25.9. The van der Waals surface area contributed by atoms with Gasteiger partial charge in [0.25, 0.3) is 0 Å². The summed E-state index contributed by atoms with van der Waals surface area (Å²) >= 11 is 0. The lowest BCUT2D eigenvalue weighted by Gasteiger charge is -2.24. The zero-order chi connectivity index (χ0) is 24.3. The van der Waals surface area contributed by atoms with Crippen molar-refractivity contribution in [3.8, 4) is 11.1 Å². The SMILES string of the molecule is CC(C)(C)OC(O)NCCNS(=O)(=O)c1ccc(-c2ccn(S(N)(=O)=O)c2C(=O)O)cc1. The highest BCUT2D eigenvalue weighted by molar-refractivity contribution is 7.89. The number of sulfonamides is 1. The molecule has 0 aliphatic carbocycles. The van der Waals surface area contributed by atoms with Crippen LogP contribution in [-0.4, -0.2) is 62.1 Å². The lowest BCUT2D eigenvalue weighted by atomic mass is 10.1. The van der Waals surface area contributed by atoms with Crippen molar-refractivity contribution in [2.45, 2.75) is 37.7 Å². The van der Waals surface area contributed by atoms with Crippen molar-refractivity contribution in [3.05, 3.63) is 42.2 Å². The van der Waals surface area contributed by atoms with E-state index in [1.54, 1.807) is 20.8 Å². The average molecular weight is 491 g/mol. The second kappa shape index (κ2) is 9.66. The van der Waals surface area contributed by atoms with E-state index < -0.39 is 43.9 Å². The fraction of sp³-hybridized carbons (Fsp3) is 0.389. The van der Waals surface area contributed by atoms with Crippen LogP contribution in [0.5, 0.6) is 0 Å². The van der Waals surface area contributed by atoms with Crippen molar-refractivity contribution in [2.75, 3.05) is 13.1 Å². The third-order valence-corrected chi connectivity index (χ3v) is 6.34. The van der Waals surface area contributed by atoms with E-state index in [2.05, 4.69) is 10.0 Å². The summed E-state index contributed by atoms with van der Waals surface area (Å²) in [6, 6.07) is 6.46. The highest BCUT2D eigenvalue weighted by Crippen LogP contribution is 2.27. The predicted molar refractivity (Wildman–Crippen MR) is 115 cm³/mol. The van der Waals surface area contributed by atoms with Crippen molar-refractivity contribution in [1.29, 1.82) is 0 Å². The Labute approximate surface area is 186 Å². The second-order valence-electron chi connectivity index (χ2n) is 7.68. The second-order valence-corrected chi connectivity index (χ2v) is 10.9. The smallest absolute Gasteiger partial charge is 0.354 e. The molecule has 12 nitrogen and oxygen atoms in total. The Kier molecular flexibility index (Phi) is 7.83. The number of nitrogens with two attached hydrogens (primary N) is 1. The van der Waals surface area contributed by atoms with Gasteiger partial charge in [-0.05, 0) is 44.5 Å². The van der Waals surface area contributed by atoms with E-state index in [9.17, 15) is 31.8 Å². The minimum absolute atomic E-state index is 0.0327. The Morgan fingerprint density at radius 1 is 1.12 bits per heavy atom. The monoisotopic (exact) mass is 490 g/mol. The molecule has 14 heteroatoms. The minimum Gasteiger partial charge on any atom is -0.477 e. The van der Waals surface area contributed by atoms with Gasteiger partial charge in [-0.15, -0.1) is 0 Å². The maximum absolute atomic E-state index is 12.4. The summed E-state index contributed by atoms with van der Waals surface area (Å²) in [5, 5.41) is 26.7. The van der Waals surface area contributed by atoms with E-state index in [-0.39, 0.29) is 29.1 Å². The fourth-order valence-corrected chi connectivity index (χ4v) is 4.42. The minimum atomic E-state index is -4.33. The number of aromatic carboxylic acids is 1. The van der Waals surface area contributed by atoms with Gasteiger partial charge in [0.05, 0.1) is 10.5 Å². The Morgan fingerprint density at radius 2 is 1.72 bits per heavy atom. The molecule has 1 aromatic heterocycles. The van der Waals surface area contributed by atoms with E-state index in [0.717, 1.165) is 6.20 Å². The van der Waals surface area contributed by atoms with Crippen LogP contribution in [0.3, 0.4) is 0 Å². The first-order valence-corrected chi connectivity index (χ1v) is 12.3. The number of aliphatic hydroxyl groups excluding tert-OH is 1. The van der Waals surface area contributed by atoms with E-state index in [4.69, 9.17) is 9.88 Å². The van der Waals surface area contributed by atoms with Gasteiger partial charge in [-0.3, -0.25) is 5.32 Å². The van der Waals surface area contributed by atoms with Crippen LogP contribution in [0.25, 0.3) is 11.1 Å². The lowest BCUT2D eigenvalue weighted by molar-refractivity contribution is -0.180. The first-order valence-electron chi connectivity index (χ1n) is 9.29. The van der Waals surface area contributed by atoms with Gasteiger partial charge in [0.15, 0.2) is 5.69 Å². The largest absolute Gasteiger partial charge is 0.477 e. The van der Waals surface area contributed by atoms with Crippen LogP contribution in [0.2, 0.25) is 0 Å². The van der Waals surface area contributed by atoms with E-state index in [1.807, 2.05) is 0 Å². The molecular formula is C18H26N4O8S2. The van der Waals surface area contributed by atoms with Gasteiger partial charge in [-0.1, -0.05) is 12.1 Å². The Bertz CT molecular complexity index is 1170. The summed E-state index contributed by atoms with van der Waals surface area (Å²) < 4.78 is 56.1. The molecule has 1 aromatic carbocycles. The molecule has 0 saturated carbocycles. The quantitative estimate of drug-likeness (QED) is 0.223. The van der Waals surface area contributed by atoms with E-state index >= 15 is 0 Å².